The number of carbonyl (C=O) groups is 1. The quantitative estimate of drug-likeness (QED) is 0.893. The van der Waals surface area contributed by atoms with Crippen LogP contribution in [0, 0.1) is 6.92 Å². The molecule has 4 nitrogen and oxygen atoms in total. The number of aryl methyl sites for hydroxylation is 1. The van der Waals surface area contributed by atoms with E-state index in [2.05, 4.69) is 9.72 Å². The van der Waals surface area contributed by atoms with Gasteiger partial charge in [-0.3, -0.25) is 0 Å². The lowest BCUT2D eigenvalue weighted by Crippen LogP contribution is -2.01. The highest BCUT2D eigenvalue weighted by Gasteiger charge is 2.12. The Morgan fingerprint density at radius 3 is 2.42 bits per heavy atom. The van der Waals surface area contributed by atoms with Gasteiger partial charge in [0, 0.05) is 11.4 Å². The van der Waals surface area contributed by atoms with E-state index in [1.54, 1.807) is 19.1 Å². The molecule has 0 bridgehead atoms. The van der Waals surface area contributed by atoms with Crippen LogP contribution in [0.4, 0.5) is 8.78 Å². The summed E-state index contributed by atoms with van der Waals surface area (Å²) in [5, 5.41) is 8.95. The van der Waals surface area contributed by atoms with E-state index < -0.39 is 12.6 Å². The van der Waals surface area contributed by atoms with Crippen molar-refractivity contribution in [1.82, 2.24) is 4.98 Å². The number of hydrogen-bond acceptors (Lipinski definition) is 2. The zero-order valence-corrected chi connectivity index (χ0v) is 9.98. The molecule has 0 amide bonds. The minimum absolute atomic E-state index is 0.0560. The predicted octanol–water partition coefficient (Wildman–Crippen LogP) is 3.29. The van der Waals surface area contributed by atoms with Crippen LogP contribution in [0.1, 0.15) is 16.1 Å². The van der Waals surface area contributed by atoms with E-state index in [4.69, 9.17) is 5.11 Å². The normalized spacial score (nSPS) is 10.7. The molecule has 6 heteroatoms. The Balaban J connectivity index is 2.27. The number of H-pyrrole nitrogens is 1. The van der Waals surface area contributed by atoms with Crippen LogP contribution in [0.5, 0.6) is 5.75 Å². The average Bonchev–Trinajstić information content (AvgIpc) is 2.71. The zero-order valence-electron chi connectivity index (χ0n) is 9.98. The Hall–Kier alpha value is -2.37. The fraction of sp³-hybridized carbons (Fsp3) is 0.154. The van der Waals surface area contributed by atoms with Crippen LogP contribution in [0.15, 0.2) is 30.3 Å². The number of aromatic amines is 1. The van der Waals surface area contributed by atoms with Gasteiger partial charge in [-0.25, -0.2) is 4.79 Å². The van der Waals surface area contributed by atoms with E-state index in [-0.39, 0.29) is 11.3 Å². The number of benzene rings is 1. The molecule has 1 heterocycles. The minimum atomic E-state index is -2.86. The van der Waals surface area contributed by atoms with Crippen LogP contribution in [0.2, 0.25) is 0 Å². The maximum Gasteiger partial charge on any atom is 0.387 e. The highest BCUT2D eigenvalue weighted by Crippen LogP contribution is 2.24. The van der Waals surface area contributed by atoms with Crippen molar-refractivity contribution < 1.29 is 23.4 Å². The number of nitrogens with one attached hydrogen (secondary N) is 1. The Morgan fingerprint density at radius 1 is 1.32 bits per heavy atom. The Morgan fingerprint density at radius 2 is 1.95 bits per heavy atom. The van der Waals surface area contributed by atoms with Crippen LogP contribution in [-0.2, 0) is 0 Å². The molecule has 2 N–H and O–H groups in total. The summed E-state index contributed by atoms with van der Waals surface area (Å²) in [6, 6.07) is 7.46. The summed E-state index contributed by atoms with van der Waals surface area (Å²) in [5.74, 6) is -0.960. The first-order chi connectivity index (χ1) is 8.97. The van der Waals surface area contributed by atoms with Crippen molar-refractivity contribution in [3.05, 3.63) is 41.6 Å². The van der Waals surface area contributed by atoms with Crippen LogP contribution in [0.3, 0.4) is 0 Å². The average molecular weight is 267 g/mol. The summed E-state index contributed by atoms with van der Waals surface area (Å²) in [5.41, 5.74) is 2.02. The van der Waals surface area contributed by atoms with E-state index in [1.807, 2.05) is 0 Å². The minimum Gasteiger partial charge on any atom is -0.478 e. The lowest BCUT2D eigenvalue weighted by atomic mass is 10.1. The second kappa shape index (κ2) is 5.09. The van der Waals surface area contributed by atoms with Gasteiger partial charge in [-0.15, -0.1) is 0 Å². The SMILES string of the molecule is Cc1[nH]c(-c2ccc(OC(F)F)cc2)cc1C(=O)O. The molecule has 19 heavy (non-hydrogen) atoms. The summed E-state index contributed by atoms with van der Waals surface area (Å²) < 4.78 is 28.2. The molecule has 1 aromatic heterocycles. The summed E-state index contributed by atoms with van der Waals surface area (Å²) in [4.78, 5) is 13.9. The second-order valence-corrected chi connectivity index (χ2v) is 3.93. The number of ether oxygens (including phenoxy) is 1. The van der Waals surface area contributed by atoms with Crippen LogP contribution in [0.25, 0.3) is 11.3 Å². The monoisotopic (exact) mass is 267 g/mol. The number of carboxylic acid groups (broad SMARTS) is 1. The van der Waals surface area contributed by atoms with E-state index in [1.165, 1.54) is 18.2 Å². The summed E-state index contributed by atoms with van der Waals surface area (Å²) in [7, 11) is 0. The molecule has 0 unspecified atom stereocenters. The molecule has 100 valence electrons. The zero-order chi connectivity index (χ0) is 14.0. The number of aromatic carboxylic acids is 1. The van der Waals surface area contributed by atoms with Crippen molar-refractivity contribution in [2.45, 2.75) is 13.5 Å². The Labute approximate surface area is 107 Å². The predicted molar refractivity (Wildman–Crippen MR) is 64.6 cm³/mol. The molecule has 0 aliphatic carbocycles. The number of halogens is 2. The maximum absolute atomic E-state index is 12.0. The third kappa shape index (κ3) is 2.90. The summed E-state index contributed by atoms with van der Waals surface area (Å²) in [6.45, 7) is -1.21. The highest BCUT2D eigenvalue weighted by atomic mass is 19.3. The number of aromatic nitrogens is 1. The lowest BCUT2D eigenvalue weighted by Gasteiger charge is -2.04. The second-order valence-electron chi connectivity index (χ2n) is 3.93. The number of rotatable bonds is 4. The van der Waals surface area contributed by atoms with E-state index in [0.29, 0.717) is 17.0 Å². The molecule has 1 aromatic carbocycles. The van der Waals surface area contributed by atoms with Gasteiger partial charge in [-0.05, 0) is 42.8 Å². The van der Waals surface area contributed by atoms with Crippen molar-refractivity contribution in [2.24, 2.45) is 0 Å². The van der Waals surface area contributed by atoms with Crippen LogP contribution in [-0.4, -0.2) is 22.7 Å². The first-order valence-corrected chi connectivity index (χ1v) is 5.45. The van der Waals surface area contributed by atoms with Crippen LogP contribution < -0.4 is 4.74 Å². The van der Waals surface area contributed by atoms with Gasteiger partial charge in [-0.1, -0.05) is 0 Å². The molecular formula is C13H11F2NO3. The molecule has 0 saturated heterocycles. The van der Waals surface area contributed by atoms with Gasteiger partial charge in [0.2, 0.25) is 0 Å². The van der Waals surface area contributed by atoms with Crippen molar-refractivity contribution in [3.63, 3.8) is 0 Å². The molecule has 0 radical (unpaired) electrons. The highest BCUT2D eigenvalue weighted by molar-refractivity contribution is 5.90. The van der Waals surface area contributed by atoms with E-state index >= 15 is 0 Å². The van der Waals surface area contributed by atoms with Crippen molar-refractivity contribution in [1.29, 1.82) is 0 Å². The molecular weight excluding hydrogens is 256 g/mol. The number of carboxylic acids is 1. The van der Waals surface area contributed by atoms with Gasteiger partial charge in [0.25, 0.3) is 0 Å². The number of alkyl halides is 2. The molecule has 0 atom stereocenters. The van der Waals surface area contributed by atoms with Crippen molar-refractivity contribution in [3.8, 4) is 17.0 Å². The van der Waals surface area contributed by atoms with Crippen LogP contribution >= 0.6 is 0 Å². The first kappa shape index (κ1) is 13.1. The smallest absolute Gasteiger partial charge is 0.387 e. The van der Waals surface area contributed by atoms with Gasteiger partial charge in [-0.2, -0.15) is 8.78 Å². The van der Waals surface area contributed by atoms with Gasteiger partial charge < -0.3 is 14.8 Å². The van der Waals surface area contributed by atoms with E-state index in [0.717, 1.165) is 0 Å². The fourth-order valence-electron chi connectivity index (χ4n) is 1.75. The van der Waals surface area contributed by atoms with Crippen molar-refractivity contribution >= 4 is 5.97 Å². The molecule has 2 rings (SSSR count). The fourth-order valence-corrected chi connectivity index (χ4v) is 1.75. The Kier molecular flexibility index (Phi) is 3.50. The molecule has 2 aromatic rings. The molecule has 0 fully saturated rings. The third-order valence-electron chi connectivity index (χ3n) is 2.64. The molecule has 0 aliphatic heterocycles. The van der Waals surface area contributed by atoms with Gasteiger partial charge in [0.05, 0.1) is 5.56 Å². The Bertz CT molecular complexity index is 590. The summed E-state index contributed by atoms with van der Waals surface area (Å²) in [6.07, 6.45) is 0. The largest absolute Gasteiger partial charge is 0.478 e. The van der Waals surface area contributed by atoms with Gasteiger partial charge in [0.15, 0.2) is 0 Å². The van der Waals surface area contributed by atoms with Crippen molar-refractivity contribution in [2.75, 3.05) is 0 Å². The first-order valence-electron chi connectivity index (χ1n) is 5.45. The lowest BCUT2D eigenvalue weighted by molar-refractivity contribution is -0.0498. The third-order valence-corrected chi connectivity index (χ3v) is 2.64. The van der Waals surface area contributed by atoms with Gasteiger partial charge >= 0.3 is 12.6 Å². The topological polar surface area (TPSA) is 62.3 Å². The number of hydrogen-bond donors (Lipinski definition) is 2. The van der Waals surface area contributed by atoms with E-state index in [9.17, 15) is 13.6 Å². The van der Waals surface area contributed by atoms with Gasteiger partial charge in [0.1, 0.15) is 5.75 Å². The summed E-state index contributed by atoms with van der Waals surface area (Å²) >= 11 is 0. The maximum atomic E-state index is 12.0. The molecule has 0 spiro atoms. The standard InChI is InChI=1S/C13H11F2NO3/c1-7-10(12(17)18)6-11(16-7)8-2-4-9(5-3-8)19-13(14)15/h2-6,13,16H,1H3,(H,17,18). The molecule has 0 saturated carbocycles. The molecule has 0 aliphatic rings.